The predicted octanol–water partition coefficient (Wildman–Crippen LogP) is 2.63. The van der Waals surface area contributed by atoms with Crippen molar-refractivity contribution in [1.29, 1.82) is 0 Å². The fraction of sp³-hybridized carbons (Fsp3) is 0.533. The van der Waals surface area contributed by atoms with E-state index in [2.05, 4.69) is 21.2 Å². The second-order valence-corrected chi connectivity index (χ2v) is 6.32. The van der Waals surface area contributed by atoms with Crippen molar-refractivity contribution in [2.45, 2.75) is 37.7 Å². The molecule has 2 N–H and O–H groups in total. The molecule has 0 saturated heterocycles. The SMILES string of the molecule is CC(=O)C(CCNCC1(O)CC1)c1ccc(Br)cc1. The maximum absolute atomic E-state index is 11.7. The lowest BCUT2D eigenvalue weighted by Crippen LogP contribution is -2.30. The molecule has 19 heavy (non-hydrogen) atoms. The molecule has 4 heteroatoms. The molecule has 0 radical (unpaired) electrons. The zero-order chi connectivity index (χ0) is 13.9. The van der Waals surface area contributed by atoms with Crippen molar-refractivity contribution in [2.24, 2.45) is 0 Å². The van der Waals surface area contributed by atoms with Gasteiger partial charge >= 0.3 is 0 Å². The maximum atomic E-state index is 11.7. The molecular formula is C15H20BrNO2. The highest BCUT2D eigenvalue weighted by Crippen LogP contribution is 2.34. The highest BCUT2D eigenvalue weighted by Gasteiger charge is 2.39. The van der Waals surface area contributed by atoms with Gasteiger partial charge < -0.3 is 10.4 Å². The first-order chi connectivity index (χ1) is 9.00. The first-order valence-corrected chi connectivity index (χ1v) is 7.48. The van der Waals surface area contributed by atoms with Crippen LogP contribution in [0.2, 0.25) is 0 Å². The average Bonchev–Trinajstić information content (AvgIpc) is 3.09. The van der Waals surface area contributed by atoms with E-state index < -0.39 is 5.60 Å². The number of carbonyl (C=O) groups is 1. The quantitative estimate of drug-likeness (QED) is 0.758. The predicted molar refractivity (Wildman–Crippen MR) is 79.2 cm³/mol. The molecule has 1 fully saturated rings. The number of aliphatic hydroxyl groups is 1. The molecule has 104 valence electrons. The first-order valence-electron chi connectivity index (χ1n) is 6.69. The Kier molecular flexibility index (Phi) is 4.76. The van der Waals surface area contributed by atoms with Gasteiger partial charge in [-0.1, -0.05) is 28.1 Å². The fourth-order valence-corrected chi connectivity index (χ4v) is 2.45. The molecule has 1 aliphatic rings. The van der Waals surface area contributed by atoms with Crippen molar-refractivity contribution in [3.63, 3.8) is 0 Å². The lowest BCUT2D eigenvalue weighted by atomic mass is 9.92. The van der Waals surface area contributed by atoms with Gasteiger partial charge in [-0.2, -0.15) is 0 Å². The summed E-state index contributed by atoms with van der Waals surface area (Å²) in [7, 11) is 0. The zero-order valence-electron chi connectivity index (χ0n) is 11.2. The summed E-state index contributed by atoms with van der Waals surface area (Å²) in [6.45, 7) is 3.03. The standard InChI is InChI=1S/C15H20BrNO2/c1-11(18)14(12-2-4-13(16)5-3-12)6-9-17-10-15(19)7-8-15/h2-5,14,17,19H,6-10H2,1H3. The Labute approximate surface area is 122 Å². The Morgan fingerprint density at radius 3 is 2.58 bits per heavy atom. The van der Waals surface area contributed by atoms with Crippen molar-refractivity contribution in [3.8, 4) is 0 Å². The summed E-state index contributed by atoms with van der Waals surface area (Å²) >= 11 is 3.40. The van der Waals surface area contributed by atoms with E-state index in [0.717, 1.165) is 35.8 Å². The molecule has 3 nitrogen and oxygen atoms in total. The highest BCUT2D eigenvalue weighted by atomic mass is 79.9. The van der Waals surface area contributed by atoms with Crippen LogP contribution in [0.25, 0.3) is 0 Å². The van der Waals surface area contributed by atoms with Crippen molar-refractivity contribution in [2.75, 3.05) is 13.1 Å². The lowest BCUT2D eigenvalue weighted by molar-refractivity contribution is -0.118. The van der Waals surface area contributed by atoms with Crippen LogP contribution in [0.1, 0.15) is 37.7 Å². The van der Waals surface area contributed by atoms with Gasteiger partial charge in [-0.3, -0.25) is 4.79 Å². The van der Waals surface area contributed by atoms with Crippen LogP contribution in [0.4, 0.5) is 0 Å². The van der Waals surface area contributed by atoms with Crippen LogP contribution >= 0.6 is 15.9 Å². The summed E-state index contributed by atoms with van der Waals surface area (Å²) in [4.78, 5) is 11.7. The molecule has 2 rings (SSSR count). The van der Waals surface area contributed by atoms with Gasteiger partial charge in [-0.15, -0.1) is 0 Å². The molecular weight excluding hydrogens is 306 g/mol. The summed E-state index contributed by atoms with van der Waals surface area (Å²) in [6, 6.07) is 7.91. The van der Waals surface area contributed by atoms with E-state index in [1.54, 1.807) is 6.92 Å². The molecule has 0 aliphatic heterocycles. The monoisotopic (exact) mass is 325 g/mol. The van der Waals surface area contributed by atoms with Crippen LogP contribution in [0.5, 0.6) is 0 Å². The number of Topliss-reactive ketones (excluding diaryl/α,β-unsaturated/α-hetero) is 1. The van der Waals surface area contributed by atoms with E-state index >= 15 is 0 Å². The number of rotatable bonds is 7. The van der Waals surface area contributed by atoms with Crippen LogP contribution in [0, 0.1) is 0 Å². The summed E-state index contributed by atoms with van der Waals surface area (Å²) < 4.78 is 1.02. The Morgan fingerprint density at radius 1 is 1.42 bits per heavy atom. The van der Waals surface area contributed by atoms with Gasteiger partial charge in [0.2, 0.25) is 0 Å². The molecule has 0 amide bonds. The third kappa shape index (κ3) is 4.41. The Bertz CT molecular complexity index is 440. The molecule has 1 aromatic rings. The second-order valence-electron chi connectivity index (χ2n) is 5.40. The minimum absolute atomic E-state index is 0.0607. The highest BCUT2D eigenvalue weighted by molar-refractivity contribution is 9.10. The lowest BCUT2D eigenvalue weighted by Gasteiger charge is -2.16. The molecule has 1 aliphatic carbocycles. The van der Waals surface area contributed by atoms with Crippen molar-refractivity contribution in [1.82, 2.24) is 5.32 Å². The molecule has 1 unspecified atom stereocenters. The molecule has 1 atom stereocenters. The minimum Gasteiger partial charge on any atom is -0.389 e. The average molecular weight is 326 g/mol. The summed E-state index contributed by atoms with van der Waals surface area (Å²) in [5, 5.41) is 13.0. The Morgan fingerprint density at radius 2 is 2.05 bits per heavy atom. The summed E-state index contributed by atoms with van der Waals surface area (Å²) in [5.41, 5.74) is 0.589. The first kappa shape index (κ1) is 14.7. The molecule has 0 aromatic heterocycles. The van der Waals surface area contributed by atoms with Crippen LogP contribution in [0.3, 0.4) is 0 Å². The molecule has 0 heterocycles. The van der Waals surface area contributed by atoms with E-state index in [-0.39, 0.29) is 11.7 Å². The van der Waals surface area contributed by atoms with Gasteiger partial charge in [0.15, 0.2) is 0 Å². The van der Waals surface area contributed by atoms with Crippen LogP contribution < -0.4 is 5.32 Å². The topological polar surface area (TPSA) is 49.3 Å². The van der Waals surface area contributed by atoms with E-state index in [1.165, 1.54) is 0 Å². The van der Waals surface area contributed by atoms with E-state index in [1.807, 2.05) is 24.3 Å². The fourth-order valence-electron chi connectivity index (χ4n) is 2.19. The minimum atomic E-state index is -0.469. The van der Waals surface area contributed by atoms with Crippen molar-refractivity contribution in [3.05, 3.63) is 34.3 Å². The number of hydrogen-bond acceptors (Lipinski definition) is 3. The second kappa shape index (κ2) is 6.16. The van der Waals surface area contributed by atoms with Crippen molar-refractivity contribution < 1.29 is 9.90 Å². The van der Waals surface area contributed by atoms with Gasteiger partial charge in [-0.25, -0.2) is 0 Å². The number of nitrogens with one attached hydrogen (secondary N) is 1. The smallest absolute Gasteiger partial charge is 0.137 e. The van der Waals surface area contributed by atoms with Gasteiger partial charge in [0, 0.05) is 16.9 Å². The molecule has 0 bridgehead atoms. The summed E-state index contributed by atoms with van der Waals surface area (Å²) in [6.07, 6.45) is 2.55. The van der Waals surface area contributed by atoms with Gasteiger partial charge in [0.25, 0.3) is 0 Å². The summed E-state index contributed by atoms with van der Waals surface area (Å²) in [5.74, 6) is 0.128. The molecule has 1 saturated carbocycles. The third-order valence-corrected chi connectivity index (χ3v) is 4.18. The number of ketones is 1. The Hall–Kier alpha value is -0.710. The zero-order valence-corrected chi connectivity index (χ0v) is 12.7. The van der Waals surface area contributed by atoms with Crippen LogP contribution in [0.15, 0.2) is 28.7 Å². The molecule has 0 spiro atoms. The normalized spacial score (nSPS) is 18.1. The van der Waals surface area contributed by atoms with Crippen LogP contribution in [-0.4, -0.2) is 29.6 Å². The largest absolute Gasteiger partial charge is 0.389 e. The van der Waals surface area contributed by atoms with E-state index in [4.69, 9.17) is 0 Å². The van der Waals surface area contributed by atoms with Gasteiger partial charge in [-0.05, 0) is 50.4 Å². The number of carbonyl (C=O) groups excluding carboxylic acids is 1. The van der Waals surface area contributed by atoms with Crippen LogP contribution in [-0.2, 0) is 4.79 Å². The number of benzene rings is 1. The van der Waals surface area contributed by atoms with Gasteiger partial charge in [0.1, 0.15) is 5.78 Å². The van der Waals surface area contributed by atoms with E-state index in [0.29, 0.717) is 6.54 Å². The van der Waals surface area contributed by atoms with Gasteiger partial charge in [0.05, 0.1) is 5.60 Å². The third-order valence-electron chi connectivity index (χ3n) is 3.65. The maximum Gasteiger partial charge on any atom is 0.137 e. The molecule has 1 aromatic carbocycles. The number of hydrogen-bond donors (Lipinski definition) is 2. The number of halogens is 1. The Balaban J connectivity index is 1.85. The van der Waals surface area contributed by atoms with Crippen molar-refractivity contribution >= 4 is 21.7 Å². The van der Waals surface area contributed by atoms with E-state index in [9.17, 15) is 9.90 Å².